The Hall–Kier alpha value is -3.98. The molecule has 2 aliphatic heterocycles. The summed E-state index contributed by atoms with van der Waals surface area (Å²) in [5.74, 6) is 1.67. The first-order valence-electron chi connectivity index (χ1n) is 13.8. The number of aliphatic hydroxyl groups is 1. The number of benzene rings is 2. The van der Waals surface area contributed by atoms with Gasteiger partial charge >= 0.3 is 0 Å². The van der Waals surface area contributed by atoms with Crippen LogP contribution in [0.1, 0.15) is 44.9 Å². The molecule has 6 rings (SSSR count). The Morgan fingerprint density at radius 1 is 0.975 bits per heavy atom. The van der Waals surface area contributed by atoms with Crippen LogP contribution in [0.3, 0.4) is 0 Å². The minimum Gasteiger partial charge on any atom is -0.507 e. The zero-order valence-corrected chi connectivity index (χ0v) is 24.1. The second kappa shape index (κ2) is 12.0. The van der Waals surface area contributed by atoms with Crippen molar-refractivity contribution in [2.24, 2.45) is 11.3 Å². The third kappa shape index (κ3) is 5.25. The standard InChI is InChI=1S/C28H29N5O3.C2H6.CH4O/c1-17(2)22(12-34)26-18(3)27(31-36-26)33-15-28(16-33)13-32(14-28)20-9-8-19-10-24(30-29-23(19)11-20)21-6-4-5-7-25(21)35;2*1-2/h4-12,17,22,35H,13-16H2,1-3H3;1-2H3;2H,1H3. The van der Waals surface area contributed by atoms with Crippen LogP contribution in [0.4, 0.5) is 11.5 Å². The molecule has 0 amide bonds. The lowest BCUT2D eigenvalue weighted by molar-refractivity contribution is -0.110. The van der Waals surface area contributed by atoms with E-state index in [0.717, 1.165) is 67.5 Å². The van der Waals surface area contributed by atoms with Gasteiger partial charge in [-0.1, -0.05) is 51.1 Å². The average Bonchev–Trinajstić information content (AvgIpc) is 3.30. The van der Waals surface area contributed by atoms with Gasteiger partial charge in [0.05, 0.1) is 17.1 Å². The number of fused-ring (bicyclic) bond motifs is 1. The number of nitrogens with zero attached hydrogens (tertiary/aromatic N) is 5. The number of aldehydes is 1. The monoisotopic (exact) mass is 545 g/mol. The molecule has 4 heterocycles. The van der Waals surface area contributed by atoms with Crippen LogP contribution in [0.15, 0.2) is 53.1 Å². The van der Waals surface area contributed by atoms with Crippen molar-refractivity contribution in [3.63, 3.8) is 0 Å². The molecule has 0 saturated carbocycles. The molecule has 1 unspecified atom stereocenters. The molecular weight excluding hydrogens is 506 g/mol. The van der Waals surface area contributed by atoms with Crippen LogP contribution >= 0.6 is 0 Å². The summed E-state index contributed by atoms with van der Waals surface area (Å²) in [4.78, 5) is 16.2. The van der Waals surface area contributed by atoms with E-state index in [0.29, 0.717) is 17.0 Å². The van der Waals surface area contributed by atoms with Crippen molar-refractivity contribution in [1.29, 1.82) is 0 Å². The van der Waals surface area contributed by atoms with Crippen molar-refractivity contribution in [2.45, 2.75) is 40.5 Å². The predicted molar refractivity (Wildman–Crippen MR) is 158 cm³/mol. The van der Waals surface area contributed by atoms with Gasteiger partial charge in [-0.05, 0) is 43.2 Å². The van der Waals surface area contributed by atoms with Crippen LogP contribution < -0.4 is 9.80 Å². The summed E-state index contributed by atoms with van der Waals surface area (Å²) in [6.45, 7) is 13.9. The summed E-state index contributed by atoms with van der Waals surface area (Å²) in [5, 5.41) is 31.2. The van der Waals surface area contributed by atoms with E-state index in [4.69, 9.17) is 9.63 Å². The molecule has 2 aliphatic rings. The fourth-order valence-corrected chi connectivity index (χ4v) is 5.57. The van der Waals surface area contributed by atoms with E-state index < -0.39 is 0 Å². The molecule has 0 aliphatic carbocycles. The van der Waals surface area contributed by atoms with Crippen molar-refractivity contribution in [3.8, 4) is 17.0 Å². The van der Waals surface area contributed by atoms with Crippen LogP contribution in [0.2, 0.25) is 0 Å². The molecule has 2 aromatic carbocycles. The smallest absolute Gasteiger partial charge is 0.175 e. The van der Waals surface area contributed by atoms with E-state index in [1.807, 2.05) is 52.8 Å². The van der Waals surface area contributed by atoms with E-state index in [2.05, 4.69) is 43.4 Å². The molecule has 9 nitrogen and oxygen atoms in total. The van der Waals surface area contributed by atoms with Gasteiger partial charge in [0.25, 0.3) is 0 Å². The van der Waals surface area contributed by atoms with E-state index in [1.54, 1.807) is 12.1 Å². The number of anilines is 2. The predicted octanol–water partition coefficient (Wildman–Crippen LogP) is 5.20. The average molecular weight is 546 g/mol. The number of phenolic OH excluding ortho intramolecular Hbond substituents is 1. The minimum atomic E-state index is -0.258. The summed E-state index contributed by atoms with van der Waals surface area (Å²) in [6, 6.07) is 15.4. The highest BCUT2D eigenvalue weighted by molar-refractivity contribution is 5.85. The van der Waals surface area contributed by atoms with Crippen molar-refractivity contribution < 1.29 is 19.5 Å². The van der Waals surface area contributed by atoms with Gasteiger partial charge in [-0.2, -0.15) is 0 Å². The summed E-state index contributed by atoms with van der Waals surface area (Å²) < 4.78 is 5.60. The lowest BCUT2D eigenvalue weighted by atomic mass is 9.72. The molecule has 9 heteroatoms. The molecule has 0 bridgehead atoms. The lowest BCUT2D eigenvalue weighted by Crippen LogP contribution is -2.72. The Morgan fingerprint density at radius 3 is 2.30 bits per heavy atom. The number of rotatable bonds is 6. The number of hydrogen-bond acceptors (Lipinski definition) is 9. The number of aromatic hydroxyl groups is 1. The summed E-state index contributed by atoms with van der Waals surface area (Å²) in [6.07, 6.45) is 0.962. The van der Waals surface area contributed by atoms with E-state index >= 15 is 0 Å². The Balaban J connectivity index is 0.000000886. The molecule has 1 atom stereocenters. The van der Waals surface area contributed by atoms with Gasteiger partial charge in [0, 0.05) is 60.9 Å². The van der Waals surface area contributed by atoms with Gasteiger partial charge in [-0.15, -0.1) is 10.2 Å². The Bertz CT molecular complexity index is 1450. The number of carbonyl (C=O) groups excluding carboxylic acids is 1. The largest absolute Gasteiger partial charge is 0.507 e. The fraction of sp³-hybridized carbons (Fsp3) is 0.419. The van der Waals surface area contributed by atoms with Crippen molar-refractivity contribution >= 4 is 28.7 Å². The van der Waals surface area contributed by atoms with Crippen molar-refractivity contribution in [1.82, 2.24) is 15.4 Å². The van der Waals surface area contributed by atoms with Crippen LogP contribution in [0.25, 0.3) is 22.2 Å². The number of aromatic nitrogens is 3. The lowest BCUT2D eigenvalue weighted by Gasteiger charge is -2.61. The number of para-hydroxylation sites is 1. The quantitative estimate of drug-likeness (QED) is 0.315. The molecule has 1 spiro atoms. The Kier molecular flexibility index (Phi) is 8.73. The second-order valence-electron chi connectivity index (χ2n) is 10.6. The van der Waals surface area contributed by atoms with Gasteiger partial charge in [0.2, 0.25) is 0 Å². The molecule has 2 saturated heterocycles. The molecule has 4 aromatic rings. The maximum absolute atomic E-state index is 11.5. The molecular formula is C31H39N5O4. The van der Waals surface area contributed by atoms with Gasteiger partial charge < -0.3 is 29.3 Å². The van der Waals surface area contributed by atoms with Gasteiger partial charge in [-0.25, -0.2) is 0 Å². The van der Waals surface area contributed by atoms with E-state index in [-0.39, 0.29) is 23.0 Å². The molecule has 2 N–H and O–H groups in total. The van der Waals surface area contributed by atoms with Crippen LogP contribution in [-0.2, 0) is 4.79 Å². The zero-order chi connectivity index (χ0) is 29.0. The van der Waals surface area contributed by atoms with Crippen molar-refractivity contribution in [2.75, 3.05) is 43.1 Å². The molecule has 2 aromatic heterocycles. The van der Waals surface area contributed by atoms with Gasteiger partial charge in [0.1, 0.15) is 12.0 Å². The van der Waals surface area contributed by atoms with E-state index in [9.17, 15) is 9.90 Å². The third-order valence-electron chi connectivity index (χ3n) is 7.62. The summed E-state index contributed by atoms with van der Waals surface area (Å²) in [7, 11) is 1.00. The van der Waals surface area contributed by atoms with Gasteiger partial charge in [0.15, 0.2) is 11.6 Å². The maximum Gasteiger partial charge on any atom is 0.175 e. The molecule has 40 heavy (non-hydrogen) atoms. The molecule has 212 valence electrons. The Morgan fingerprint density at radius 2 is 1.65 bits per heavy atom. The van der Waals surface area contributed by atoms with Crippen LogP contribution in [-0.4, -0.2) is 65.1 Å². The van der Waals surface area contributed by atoms with Gasteiger partial charge in [-0.3, -0.25) is 0 Å². The topological polar surface area (TPSA) is 116 Å². The SMILES string of the molecule is CC.CO.Cc1c(N2CC3(CN(c4ccc5cc(-c6ccccc6O)nnc5c4)C3)C2)noc1C(C=O)C(C)C. The summed E-state index contributed by atoms with van der Waals surface area (Å²) in [5.41, 5.74) is 4.54. The fourth-order valence-electron chi connectivity index (χ4n) is 5.57. The first-order chi connectivity index (χ1) is 19.4. The number of hydrogen-bond donors (Lipinski definition) is 2. The molecule has 0 radical (unpaired) electrons. The first kappa shape index (κ1) is 29.0. The number of carbonyl (C=O) groups is 1. The van der Waals surface area contributed by atoms with Crippen LogP contribution in [0.5, 0.6) is 5.75 Å². The highest BCUT2D eigenvalue weighted by Crippen LogP contribution is 2.45. The second-order valence-corrected chi connectivity index (χ2v) is 10.6. The minimum absolute atomic E-state index is 0.175. The highest BCUT2D eigenvalue weighted by Gasteiger charge is 2.53. The number of aliphatic hydroxyl groups excluding tert-OH is 1. The summed E-state index contributed by atoms with van der Waals surface area (Å²) >= 11 is 0. The first-order valence-corrected chi connectivity index (χ1v) is 13.8. The molecule has 2 fully saturated rings. The van der Waals surface area contributed by atoms with E-state index in [1.165, 1.54) is 0 Å². The third-order valence-corrected chi connectivity index (χ3v) is 7.62. The normalized spacial score (nSPS) is 15.9. The van der Waals surface area contributed by atoms with Crippen molar-refractivity contribution in [3.05, 3.63) is 59.9 Å². The Labute approximate surface area is 235 Å². The highest BCUT2D eigenvalue weighted by atomic mass is 16.5. The number of phenols is 1. The maximum atomic E-state index is 11.5. The van der Waals surface area contributed by atoms with Crippen LogP contribution in [0, 0.1) is 18.3 Å². The zero-order valence-electron chi connectivity index (χ0n) is 24.1.